The van der Waals surface area contributed by atoms with Crippen molar-refractivity contribution in [2.75, 3.05) is 51.8 Å². The highest BCUT2D eigenvalue weighted by atomic mass is 16.6. The second-order valence-corrected chi connectivity index (χ2v) is 6.81. The molecule has 0 aromatic heterocycles. The van der Waals surface area contributed by atoms with Crippen LogP contribution in [0.4, 0.5) is 11.4 Å². The number of amides is 1. The Bertz CT molecular complexity index is 664. The lowest BCUT2D eigenvalue weighted by molar-refractivity contribution is -0.384. The minimum atomic E-state index is -0.391. The zero-order valence-electron chi connectivity index (χ0n) is 14.6. The van der Waals surface area contributed by atoms with Crippen molar-refractivity contribution < 1.29 is 14.5 Å². The van der Waals surface area contributed by atoms with Gasteiger partial charge < -0.3 is 19.9 Å². The minimum Gasteiger partial charge on any atom is -0.377 e. The molecule has 0 radical (unpaired) electrons. The van der Waals surface area contributed by atoms with E-state index in [1.165, 1.54) is 6.07 Å². The van der Waals surface area contributed by atoms with Crippen LogP contribution in [-0.4, -0.2) is 68.7 Å². The summed E-state index contributed by atoms with van der Waals surface area (Å²) in [5, 5.41) is 14.1. The minimum absolute atomic E-state index is 0.0143. The predicted molar refractivity (Wildman–Crippen MR) is 93.8 cm³/mol. The first-order chi connectivity index (χ1) is 12.0. The van der Waals surface area contributed by atoms with Crippen molar-refractivity contribution in [3.8, 4) is 0 Å². The van der Waals surface area contributed by atoms with Gasteiger partial charge in [0, 0.05) is 37.5 Å². The first kappa shape index (κ1) is 17.6. The maximum Gasteiger partial charge on any atom is 0.269 e. The predicted octanol–water partition coefficient (Wildman–Crippen LogP) is 0.650. The molecular formula is C17H24N4O4. The number of carbonyl (C=O) groups is 1. The van der Waals surface area contributed by atoms with Gasteiger partial charge in [-0.1, -0.05) is 0 Å². The molecule has 0 spiro atoms. The number of hydrogen-bond donors (Lipinski definition) is 1. The van der Waals surface area contributed by atoms with Gasteiger partial charge in [0.15, 0.2) is 0 Å². The number of non-ortho nitro benzene ring substituents is 1. The number of hydrogen-bond acceptors (Lipinski definition) is 6. The van der Waals surface area contributed by atoms with Gasteiger partial charge in [-0.25, -0.2) is 0 Å². The van der Waals surface area contributed by atoms with Crippen LogP contribution in [0.15, 0.2) is 18.2 Å². The van der Waals surface area contributed by atoms with Crippen LogP contribution in [0.2, 0.25) is 0 Å². The summed E-state index contributed by atoms with van der Waals surface area (Å²) in [6.07, 6.45) is 0.495. The van der Waals surface area contributed by atoms with Gasteiger partial charge in [0.05, 0.1) is 30.1 Å². The van der Waals surface area contributed by atoms with Crippen LogP contribution in [0.3, 0.4) is 0 Å². The monoisotopic (exact) mass is 348 g/mol. The first-order valence-electron chi connectivity index (χ1n) is 8.51. The third kappa shape index (κ3) is 3.74. The van der Waals surface area contributed by atoms with Gasteiger partial charge in [0.25, 0.3) is 5.69 Å². The Balaban J connectivity index is 1.83. The molecule has 8 nitrogen and oxygen atoms in total. The Morgan fingerprint density at radius 1 is 1.48 bits per heavy atom. The van der Waals surface area contributed by atoms with E-state index in [9.17, 15) is 14.9 Å². The maximum absolute atomic E-state index is 12.7. The van der Waals surface area contributed by atoms with Crippen molar-refractivity contribution >= 4 is 17.3 Å². The SMILES string of the molecule is CN(C)CCNC(=O)[C@@H]1Cc2cc([N+](=O)[O-])ccc2N2CCOC[C@@H]12. The molecule has 2 aliphatic rings. The fourth-order valence-electron chi connectivity index (χ4n) is 3.56. The molecule has 0 saturated carbocycles. The normalized spacial score (nSPS) is 22.3. The van der Waals surface area contributed by atoms with Crippen LogP contribution >= 0.6 is 0 Å². The fraction of sp³-hybridized carbons (Fsp3) is 0.588. The molecule has 1 aromatic carbocycles. The van der Waals surface area contributed by atoms with E-state index in [0.29, 0.717) is 32.7 Å². The van der Waals surface area contributed by atoms with Crippen LogP contribution in [0, 0.1) is 16.0 Å². The highest BCUT2D eigenvalue weighted by Gasteiger charge is 2.40. The second-order valence-electron chi connectivity index (χ2n) is 6.81. The Kier molecular flexibility index (Phi) is 5.19. The van der Waals surface area contributed by atoms with E-state index in [2.05, 4.69) is 10.2 Å². The summed E-state index contributed by atoms with van der Waals surface area (Å²) in [6.45, 7) is 3.14. The molecule has 2 aliphatic heterocycles. The van der Waals surface area contributed by atoms with Crippen LogP contribution in [-0.2, 0) is 16.0 Å². The summed E-state index contributed by atoms with van der Waals surface area (Å²) in [6, 6.07) is 4.90. The zero-order chi connectivity index (χ0) is 18.0. The number of likely N-dealkylation sites (N-methyl/N-ethyl adjacent to an activating group) is 1. The Morgan fingerprint density at radius 3 is 3.00 bits per heavy atom. The molecule has 136 valence electrons. The lowest BCUT2D eigenvalue weighted by Gasteiger charge is -2.45. The Hall–Kier alpha value is -2.19. The quantitative estimate of drug-likeness (QED) is 0.621. The second kappa shape index (κ2) is 7.37. The van der Waals surface area contributed by atoms with Gasteiger partial charge in [-0.05, 0) is 32.1 Å². The number of nitrogens with one attached hydrogen (secondary N) is 1. The average molecular weight is 348 g/mol. The topological polar surface area (TPSA) is 88.0 Å². The highest BCUT2D eigenvalue weighted by Crippen LogP contribution is 2.37. The number of ether oxygens (including phenoxy) is 1. The molecule has 25 heavy (non-hydrogen) atoms. The van der Waals surface area contributed by atoms with Crippen molar-refractivity contribution in [1.82, 2.24) is 10.2 Å². The third-order valence-corrected chi connectivity index (χ3v) is 4.85. The summed E-state index contributed by atoms with van der Waals surface area (Å²) in [5.41, 5.74) is 1.91. The lowest BCUT2D eigenvalue weighted by atomic mass is 9.84. The molecule has 8 heteroatoms. The zero-order valence-corrected chi connectivity index (χ0v) is 14.6. The number of nitro benzene ring substituents is 1. The molecular weight excluding hydrogens is 324 g/mol. The number of carbonyl (C=O) groups excluding carboxylic acids is 1. The summed E-state index contributed by atoms with van der Waals surface area (Å²) >= 11 is 0. The first-order valence-corrected chi connectivity index (χ1v) is 8.51. The molecule has 0 bridgehead atoms. The number of anilines is 1. The lowest BCUT2D eigenvalue weighted by Crippen LogP contribution is -2.57. The number of morpholine rings is 1. The number of nitrogens with zero attached hydrogens (tertiary/aromatic N) is 3. The van der Waals surface area contributed by atoms with Crippen molar-refractivity contribution in [2.45, 2.75) is 12.5 Å². The molecule has 1 aromatic rings. The molecule has 1 saturated heterocycles. The van der Waals surface area contributed by atoms with Crippen LogP contribution in [0.25, 0.3) is 0 Å². The number of benzene rings is 1. The van der Waals surface area contributed by atoms with E-state index >= 15 is 0 Å². The van der Waals surface area contributed by atoms with Gasteiger partial charge >= 0.3 is 0 Å². The van der Waals surface area contributed by atoms with E-state index in [-0.39, 0.29) is 23.6 Å². The number of fused-ring (bicyclic) bond motifs is 3. The van der Waals surface area contributed by atoms with E-state index in [1.54, 1.807) is 12.1 Å². The largest absolute Gasteiger partial charge is 0.377 e. The highest BCUT2D eigenvalue weighted by molar-refractivity contribution is 5.82. The number of rotatable bonds is 5. The van der Waals surface area contributed by atoms with Gasteiger partial charge in [0.2, 0.25) is 5.91 Å². The van der Waals surface area contributed by atoms with Gasteiger partial charge in [-0.15, -0.1) is 0 Å². The van der Waals surface area contributed by atoms with Crippen molar-refractivity contribution in [3.63, 3.8) is 0 Å². The van der Waals surface area contributed by atoms with E-state index in [0.717, 1.165) is 17.8 Å². The van der Waals surface area contributed by atoms with Crippen LogP contribution in [0.5, 0.6) is 0 Å². The van der Waals surface area contributed by atoms with Crippen LogP contribution in [0.1, 0.15) is 5.56 Å². The summed E-state index contributed by atoms with van der Waals surface area (Å²) < 4.78 is 5.60. The van der Waals surface area contributed by atoms with Crippen LogP contribution < -0.4 is 10.2 Å². The Morgan fingerprint density at radius 2 is 2.28 bits per heavy atom. The standard InChI is InChI=1S/C17H24N4O4/c1-19(2)6-5-18-17(22)14-10-12-9-13(21(23)24)3-4-15(12)20-7-8-25-11-16(14)20/h3-4,9,14,16H,5-8,10-11H2,1-2H3,(H,18,22)/t14-,16+/m1/s1. The molecule has 3 rings (SSSR count). The van der Waals surface area contributed by atoms with Crippen molar-refractivity contribution in [2.24, 2.45) is 5.92 Å². The molecule has 1 N–H and O–H groups in total. The molecule has 2 heterocycles. The van der Waals surface area contributed by atoms with E-state index in [4.69, 9.17) is 4.74 Å². The summed E-state index contributed by atoms with van der Waals surface area (Å²) in [4.78, 5) is 27.6. The summed E-state index contributed by atoms with van der Waals surface area (Å²) in [5.74, 6) is -0.281. The van der Waals surface area contributed by atoms with E-state index in [1.807, 2.05) is 19.0 Å². The van der Waals surface area contributed by atoms with E-state index < -0.39 is 4.92 Å². The molecule has 2 atom stereocenters. The van der Waals surface area contributed by atoms with Gasteiger partial charge in [0.1, 0.15) is 0 Å². The third-order valence-electron chi connectivity index (χ3n) is 4.85. The molecule has 0 unspecified atom stereocenters. The number of nitro groups is 1. The smallest absolute Gasteiger partial charge is 0.269 e. The van der Waals surface area contributed by atoms with Crippen molar-refractivity contribution in [3.05, 3.63) is 33.9 Å². The Labute approximate surface area is 146 Å². The van der Waals surface area contributed by atoms with Gasteiger partial charge in [-0.2, -0.15) is 0 Å². The van der Waals surface area contributed by atoms with Crippen molar-refractivity contribution in [1.29, 1.82) is 0 Å². The molecule has 1 fully saturated rings. The maximum atomic E-state index is 12.7. The molecule has 0 aliphatic carbocycles. The van der Waals surface area contributed by atoms with Gasteiger partial charge in [-0.3, -0.25) is 14.9 Å². The molecule has 1 amide bonds. The summed E-state index contributed by atoms with van der Waals surface area (Å²) in [7, 11) is 3.91. The fourth-order valence-corrected chi connectivity index (χ4v) is 3.56. The average Bonchev–Trinajstić information content (AvgIpc) is 2.60.